The van der Waals surface area contributed by atoms with Crippen molar-refractivity contribution in [1.29, 1.82) is 0 Å². The van der Waals surface area contributed by atoms with Gasteiger partial charge in [0.25, 0.3) is 5.91 Å². The number of nitrogens with one attached hydrogen (secondary N) is 1. The minimum atomic E-state index is -4.22. The van der Waals surface area contributed by atoms with Gasteiger partial charge in [-0.2, -0.15) is 13.2 Å². The molecule has 0 unspecified atom stereocenters. The third-order valence-corrected chi connectivity index (χ3v) is 4.81. The SMILES string of the molecule is COC(=O)c1ccccc1-c1ncc(C(=O)NC2CCN(CC(F)(F)F)CC2)cn1. The molecule has 1 saturated heterocycles. The maximum absolute atomic E-state index is 12.5. The van der Waals surface area contributed by atoms with Crippen LogP contribution in [0.4, 0.5) is 13.2 Å². The van der Waals surface area contributed by atoms with Crippen LogP contribution < -0.4 is 5.32 Å². The molecule has 1 aliphatic rings. The number of rotatable bonds is 5. The van der Waals surface area contributed by atoms with Crippen molar-refractivity contribution in [1.82, 2.24) is 20.2 Å². The first-order valence-electron chi connectivity index (χ1n) is 9.36. The smallest absolute Gasteiger partial charge is 0.401 e. The number of carbonyl (C=O) groups is 2. The fourth-order valence-corrected chi connectivity index (χ4v) is 3.31. The van der Waals surface area contributed by atoms with E-state index in [1.807, 2.05) is 0 Å². The summed E-state index contributed by atoms with van der Waals surface area (Å²) in [5, 5.41) is 2.82. The molecule has 30 heavy (non-hydrogen) atoms. The third kappa shape index (κ3) is 5.53. The lowest BCUT2D eigenvalue weighted by atomic mass is 10.0. The predicted octanol–water partition coefficient (Wildman–Crippen LogP) is 2.69. The average Bonchev–Trinajstić information content (AvgIpc) is 2.73. The minimum Gasteiger partial charge on any atom is -0.465 e. The number of benzene rings is 1. The lowest BCUT2D eigenvalue weighted by Gasteiger charge is -2.32. The molecule has 0 spiro atoms. The average molecular weight is 422 g/mol. The number of hydrogen-bond acceptors (Lipinski definition) is 6. The van der Waals surface area contributed by atoms with E-state index >= 15 is 0 Å². The van der Waals surface area contributed by atoms with Gasteiger partial charge in [-0.25, -0.2) is 14.8 Å². The number of ether oxygens (including phenoxy) is 1. The summed E-state index contributed by atoms with van der Waals surface area (Å²) in [7, 11) is 1.28. The fourth-order valence-electron chi connectivity index (χ4n) is 3.31. The number of nitrogens with zero attached hydrogens (tertiary/aromatic N) is 3. The van der Waals surface area contributed by atoms with Crippen molar-refractivity contribution in [3.63, 3.8) is 0 Å². The van der Waals surface area contributed by atoms with Crippen molar-refractivity contribution in [3.05, 3.63) is 47.8 Å². The van der Waals surface area contributed by atoms with Crippen LogP contribution in [-0.2, 0) is 4.74 Å². The van der Waals surface area contributed by atoms with Crippen molar-refractivity contribution < 1.29 is 27.5 Å². The first-order valence-corrected chi connectivity index (χ1v) is 9.36. The second-order valence-corrected chi connectivity index (χ2v) is 6.97. The summed E-state index contributed by atoms with van der Waals surface area (Å²) in [6.07, 6.45) is -0.642. The summed E-state index contributed by atoms with van der Waals surface area (Å²) in [5.74, 6) is -0.641. The maximum atomic E-state index is 12.5. The first kappa shape index (κ1) is 21.7. The number of piperidine rings is 1. The van der Waals surface area contributed by atoms with E-state index in [4.69, 9.17) is 4.74 Å². The van der Waals surface area contributed by atoms with Crippen LogP contribution in [-0.4, -0.2) is 65.7 Å². The molecule has 1 aromatic carbocycles. The Morgan fingerprint density at radius 2 is 1.80 bits per heavy atom. The number of methoxy groups -OCH3 is 1. The molecule has 0 atom stereocenters. The summed E-state index contributed by atoms with van der Waals surface area (Å²) >= 11 is 0. The van der Waals surface area contributed by atoms with Gasteiger partial charge < -0.3 is 10.1 Å². The molecule has 160 valence electrons. The van der Waals surface area contributed by atoms with Crippen LogP contribution in [0, 0.1) is 0 Å². The number of carbonyl (C=O) groups excluding carboxylic acids is 2. The molecule has 1 aromatic heterocycles. The zero-order valence-electron chi connectivity index (χ0n) is 16.3. The van der Waals surface area contributed by atoms with Crippen LogP contribution in [0.15, 0.2) is 36.7 Å². The Labute approximate surface area is 171 Å². The second kappa shape index (κ2) is 9.21. The van der Waals surface area contributed by atoms with E-state index in [1.54, 1.807) is 24.3 Å². The maximum Gasteiger partial charge on any atom is 0.401 e. The summed E-state index contributed by atoms with van der Waals surface area (Å²) in [6.45, 7) is -0.398. The van der Waals surface area contributed by atoms with Gasteiger partial charge in [-0.3, -0.25) is 9.69 Å². The number of amides is 1. The molecule has 1 fully saturated rings. The van der Waals surface area contributed by atoms with Crippen LogP contribution in [0.2, 0.25) is 0 Å². The summed E-state index contributed by atoms with van der Waals surface area (Å²) in [6, 6.07) is 6.49. The number of esters is 1. The molecule has 1 aliphatic heterocycles. The van der Waals surface area contributed by atoms with Crippen LogP contribution in [0.1, 0.15) is 33.6 Å². The van der Waals surface area contributed by atoms with E-state index in [1.165, 1.54) is 24.4 Å². The van der Waals surface area contributed by atoms with Gasteiger partial charge in [-0.15, -0.1) is 0 Å². The summed E-state index contributed by atoms with van der Waals surface area (Å²) in [4.78, 5) is 34.0. The lowest BCUT2D eigenvalue weighted by molar-refractivity contribution is -0.148. The number of halogens is 3. The fraction of sp³-hybridized carbons (Fsp3) is 0.400. The van der Waals surface area contributed by atoms with Crippen LogP contribution >= 0.6 is 0 Å². The van der Waals surface area contributed by atoms with Gasteiger partial charge in [0.2, 0.25) is 0 Å². The Kier molecular flexibility index (Phi) is 6.66. The van der Waals surface area contributed by atoms with E-state index in [9.17, 15) is 22.8 Å². The van der Waals surface area contributed by atoms with E-state index in [0.29, 0.717) is 24.0 Å². The van der Waals surface area contributed by atoms with Crippen molar-refractivity contribution in [3.8, 4) is 11.4 Å². The van der Waals surface area contributed by atoms with Crippen molar-refractivity contribution >= 4 is 11.9 Å². The highest BCUT2D eigenvalue weighted by Crippen LogP contribution is 2.22. The van der Waals surface area contributed by atoms with Crippen LogP contribution in [0.25, 0.3) is 11.4 Å². The predicted molar refractivity (Wildman–Crippen MR) is 102 cm³/mol. The van der Waals surface area contributed by atoms with E-state index < -0.39 is 24.6 Å². The molecule has 0 aliphatic carbocycles. The molecule has 0 saturated carbocycles. The Hall–Kier alpha value is -3.01. The zero-order valence-corrected chi connectivity index (χ0v) is 16.3. The van der Waals surface area contributed by atoms with Gasteiger partial charge >= 0.3 is 12.1 Å². The molecular weight excluding hydrogens is 401 g/mol. The number of likely N-dealkylation sites (tertiary alicyclic amines) is 1. The highest BCUT2D eigenvalue weighted by atomic mass is 19.4. The van der Waals surface area contributed by atoms with Gasteiger partial charge in [0.15, 0.2) is 5.82 Å². The van der Waals surface area contributed by atoms with Gasteiger partial charge in [0.05, 0.1) is 24.8 Å². The second-order valence-electron chi connectivity index (χ2n) is 6.97. The van der Waals surface area contributed by atoms with E-state index in [2.05, 4.69) is 15.3 Å². The molecular formula is C20H21F3N4O3. The molecule has 2 heterocycles. The molecule has 3 rings (SSSR count). The normalized spacial score (nSPS) is 15.6. The minimum absolute atomic E-state index is 0.207. The van der Waals surface area contributed by atoms with E-state index in [0.717, 1.165) is 0 Å². The summed E-state index contributed by atoms with van der Waals surface area (Å²) in [5.41, 5.74) is 1.02. The molecule has 10 heteroatoms. The molecule has 1 amide bonds. The molecule has 7 nitrogen and oxygen atoms in total. The summed E-state index contributed by atoms with van der Waals surface area (Å²) < 4.78 is 42.1. The lowest BCUT2D eigenvalue weighted by Crippen LogP contribution is -2.47. The Bertz CT molecular complexity index is 895. The monoisotopic (exact) mass is 422 g/mol. The Morgan fingerprint density at radius 3 is 2.40 bits per heavy atom. The molecule has 0 radical (unpaired) electrons. The largest absolute Gasteiger partial charge is 0.465 e. The molecule has 0 bridgehead atoms. The van der Waals surface area contributed by atoms with Crippen molar-refractivity contribution in [2.75, 3.05) is 26.7 Å². The van der Waals surface area contributed by atoms with Gasteiger partial charge in [-0.1, -0.05) is 18.2 Å². The number of aromatic nitrogens is 2. The molecule has 2 aromatic rings. The zero-order chi connectivity index (χ0) is 21.7. The highest BCUT2D eigenvalue weighted by Gasteiger charge is 2.32. The Balaban J connectivity index is 1.61. The standard InChI is InChI=1S/C20H21F3N4O3/c1-30-19(29)16-5-3-2-4-15(16)17-24-10-13(11-25-17)18(28)26-14-6-8-27(9-7-14)12-20(21,22)23/h2-5,10-11,14H,6-9,12H2,1H3,(H,26,28). The van der Waals surface area contributed by atoms with E-state index in [-0.39, 0.29) is 30.5 Å². The number of hydrogen-bond donors (Lipinski definition) is 1. The van der Waals surface area contributed by atoms with Crippen molar-refractivity contribution in [2.24, 2.45) is 0 Å². The number of alkyl halides is 3. The third-order valence-electron chi connectivity index (χ3n) is 4.81. The quantitative estimate of drug-likeness (QED) is 0.746. The van der Waals surface area contributed by atoms with Gasteiger partial charge in [0, 0.05) is 37.1 Å². The first-order chi connectivity index (χ1) is 14.3. The van der Waals surface area contributed by atoms with Crippen molar-refractivity contribution in [2.45, 2.75) is 25.1 Å². The van der Waals surface area contributed by atoms with Gasteiger partial charge in [0.1, 0.15) is 0 Å². The van der Waals surface area contributed by atoms with Gasteiger partial charge in [-0.05, 0) is 18.9 Å². The van der Waals surface area contributed by atoms with Crippen LogP contribution in [0.3, 0.4) is 0 Å². The van der Waals surface area contributed by atoms with Crippen LogP contribution in [0.5, 0.6) is 0 Å². The topological polar surface area (TPSA) is 84.4 Å². The Morgan fingerprint density at radius 1 is 1.17 bits per heavy atom. The molecule has 1 N–H and O–H groups in total. The highest BCUT2D eigenvalue weighted by molar-refractivity contribution is 5.96.